The van der Waals surface area contributed by atoms with E-state index in [-0.39, 0.29) is 5.91 Å². The number of aliphatic imine (C=N–C) groups is 1. The van der Waals surface area contributed by atoms with Crippen LogP contribution in [0.3, 0.4) is 0 Å². The van der Waals surface area contributed by atoms with Crippen LogP contribution >= 0.6 is 23.3 Å². The van der Waals surface area contributed by atoms with E-state index in [0.717, 1.165) is 17.5 Å². The number of anilines is 2. The zero-order chi connectivity index (χ0) is 29.5. The van der Waals surface area contributed by atoms with Crippen LogP contribution in [0.2, 0.25) is 0 Å². The van der Waals surface area contributed by atoms with Crippen molar-refractivity contribution in [3.63, 3.8) is 0 Å². The zero-order valence-corrected chi connectivity index (χ0v) is 23.6. The van der Waals surface area contributed by atoms with Gasteiger partial charge in [-0.25, -0.2) is 9.71 Å². The third kappa shape index (κ3) is 7.42. The number of benzodiazepines with no additional fused rings is 1. The fraction of sp³-hybridized carbons (Fsp3) is 0.222. The van der Waals surface area contributed by atoms with Crippen molar-refractivity contribution in [3.05, 3.63) is 71.4 Å². The number of aryl methyl sites for hydroxylation is 1. The summed E-state index contributed by atoms with van der Waals surface area (Å²) in [4.78, 5) is 71.1. The summed E-state index contributed by atoms with van der Waals surface area (Å²) in [6, 6.07) is 15.0. The molecule has 0 saturated heterocycles. The van der Waals surface area contributed by atoms with Gasteiger partial charge in [0.25, 0.3) is 5.91 Å². The number of carbonyl (C=O) groups excluding carboxylic acids is 4. The molecule has 0 spiro atoms. The number of benzene rings is 2. The molecular weight excluding hydrogens is 568 g/mol. The molecule has 1 aliphatic rings. The first-order valence-corrected chi connectivity index (χ1v) is 14.0. The number of hydrogen-bond donors (Lipinski definition) is 4. The molecule has 2 unspecified atom stereocenters. The summed E-state index contributed by atoms with van der Waals surface area (Å²) in [5.74, 6) is -2.76. The van der Waals surface area contributed by atoms with Gasteiger partial charge in [0.15, 0.2) is 11.3 Å². The lowest BCUT2D eigenvalue weighted by atomic mass is 10.0. The number of rotatable bonds is 11. The lowest BCUT2D eigenvalue weighted by Gasteiger charge is -2.25. The number of carbonyl (C=O) groups is 5. The summed E-state index contributed by atoms with van der Waals surface area (Å²) < 4.78 is 3.78. The summed E-state index contributed by atoms with van der Waals surface area (Å²) in [5, 5.41) is 14.5. The highest BCUT2D eigenvalue weighted by Gasteiger charge is 2.34. The molecule has 2 atom stereocenters. The average Bonchev–Trinajstić information content (AvgIpc) is 3.23. The van der Waals surface area contributed by atoms with E-state index < -0.39 is 43.0 Å². The molecular formula is C27H26N6O6S2. The number of carboxylic acids is 1. The van der Waals surface area contributed by atoms with E-state index in [1.807, 2.05) is 30.3 Å². The minimum absolute atomic E-state index is 0.258. The number of aldehydes is 1. The number of nitrogens with zero attached hydrogens (tertiary/aromatic N) is 3. The summed E-state index contributed by atoms with van der Waals surface area (Å²) >= 11 is 2.35. The molecule has 0 aliphatic carbocycles. The van der Waals surface area contributed by atoms with Crippen molar-refractivity contribution in [2.45, 2.75) is 36.7 Å². The maximum absolute atomic E-state index is 13.9. The topological polar surface area (TPSA) is 170 Å². The molecule has 1 aliphatic heterocycles. The van der Waals surface area contributed by atoms with Gasteiger partial charge >= 0.3 is 5.97 Å². The van der Waals surface area contributed by atoms with Crippen molar-refractivity contribution >= 4 is 69.8 Å². The summed E-state index contributed by atoms with van der Waals surface area (Å²) in [5.41, 5.74) is 2.94. The number of thiazole rings is 1. The van der Waals surface area contributed by atoms with Crippen molar-refractivity contribution in [3.8, 4) is 0 Å². The minimum atomic E-state index is -1.25. The van der Waals surface area contributed by atoms with E-state index in [2.05, 4.69) is 20.3 Å². The van der Waals surface area contributed by atoms with E-state index in [1.165, 1.54) is 23.2 Å². The number of carboxylic acid groups (broad SMARTS) is 1. The first kappa shape index (κ1) is 29.6. The minimum Gasteiger partial charge on any atom is -0.481 e. The van der Waals surface area contributed by atoms with Crippen LogP contribution in [0.1, 0.15) is 30.2 Å². The van der Waals surface area contributed by atoms with Crippen LogP contribution in [0.25, 0.3) is 0 Å². The van der Waals surface area contributed by atoms with Crippen molar-refractivity contribution in [2.75, 3.05) is 16.8 Å². The number of aliphatic carboxylic acids is 1. The van der Waals surface area contributed by atoms with E-state index >= 15 is 0 Å². The second-order valence-corrected chi connectivity index (χ2v) is 11.0. The van der Waals surface area contributed by atoms with Gasteiger partial charge in [-0.3, -0.25) is 29.1 Å². The molecule has 3 amide bonds. The Morgan fingerprint density at radius 2 is 1.85 bits per heavy atom. The van der Waals surface area contributed by atoms with Crippen LogP contribution in [-0.4, -0.2) is 64.5 Å². The van der Waals surface area contributed by atoms with Gasteiger partial charge in [0.1, 0.15) is 17.0 Å². The second kappa shape index (κ2) is 13.3. The molecule has 41 heavy (non-hydrogen) atoms. The monoisotopic (exact) mass is 594 g/mol. The molecule has 4 rings (SSSR count). The number of aromatic nitrogens is 1. The number of hydrogen-bond acceptors (Lipinski definition) is 10. The summed E-state index contributed by atoms with van der Waals surface area (Å²) in [6.45, 7) is 2.67. The fourth-order valence-corrected chi connectivity index (χ4v) is 5.86. The maximum atomic E-state index is 13.9. The first-order valence-electron chi connectivity index (χ1n) is 12.3. The molecule has 2 aromatic carbocycles. The number of nitrogens with one attached hydrogen (secondary N) is 3. The van der Waals surface area contributed by atoms with Gasteiger partial charge in [-0.15, -0.1) is 0 Å². The van der Waals surface area contributed by atoms with Gasteiger partial charge in [-0.2, -0.15) is 0 Å². The van der Waals surface area contributed by atoms with Gasteiger partial charge in [0.2, 0.25) is 11.8 Å². The maximum Gasteiger partial charge on any atom is 0.305 e. The first-order chi connectivity index (χ1) is 19.7. The Morgan fingerprint density at radius 1 is 1.15 bits per heavy atom. The Bertz CT molecular complexity index is 1510. The Morgan fingerprint density at radius 3 is 2.54 bits per heavy atom. The van der Waals surface area contributed by atoms with Gasteiger partial charge in [0.05, 0.1) is 29.6 Å². The van der Waals surface area contributed by atoms with Crippen molar-refractivity contribution in [2.24, 2.45) is 4.99 Å². The molecule has 0 bridgehead atoms. The van der Waals surface area contributed by atoms with Crippen LogP contribution < -0.4 is 20.3 Å². The van der Waals surface area contributed by atoms with Gasteiger partial charge < -0.3 is 20.5 Å². The highest BCUT2D eigenvalue weighted by atomic mass is 32.2. The normalized spacial score (nSPS) is 15.3. The van der Waals surface area contributed by atoms with E-state index in [1.54, 1.807) is 31.2 Å². The third-order valence-electron chi connectivity index (χ3n) is 5.76. The lowest BCUT2D eigenvalue weighted by molar-refractivity contribution is -0.139. The standard InChI is InChI=1S/C27H26N6O6S2/c1-15-26(40-27(28-15)29-16(2)35)41-32-24-25(39)33(13-21(36)30-18(14-34)12-22(37)38)20-11-7-6-10-19(20)23(31-24)17-8-4-3-5-9-17/h3-11,14,18,24,32H,12-13H2,1-2H3,(H,30,36)(H,37,38)(H,28,29,35). The van der Waals surface area contributed by atoms with Gasteiger partial charge in [-0.1, -0.05) is 59.9 Å². The smallest absolute Gasteiger partial charge is 0.305 e. The highest BCUT2D eigenvalue weighted by Crippen LogP contribution is 2.33. The molecule has 4 N–H and O–H groups in total. The Labute approximate surface area is 243 Å². The molecule has 2 heterocycles. The quantitative estimate of drug-likeness (QED) is 0.192. The van der Waals surface area contributed by atoms with Crippen molar-refractivity contribution in [1.29, 1.82) is 0 Å². The lowest BCUT2D eigenvalue weighted by Crippen LogP contribution is -2.49. The van der Waals surface area contributed by atoms with Crippen LogP contribution in [0.15, 0.2) is 63.8 Å². The Hall–Kier alpha value is -4.40. The Kier molecular flexibility index (Phi) is 9.60. The largest absolute Gasteiger partial charge is 0.481 e. The number of para-hydroxylation sites is 1. The van der Waals surface area contributed by atoms with E-state index in [4.69, 9.17) is 10.1 Å². The summed E-state index contributed by atoms with van der Waals surface area (Å²) in [7, 11) is 0. The van der Waals surface area contributed by atoms with Crippen LogP contribution in [0.5, 0.6) is 0 Å². The van der Waals surface area contributed by atoms with E-state index in [9.17, 15) is 24.0 Å². The Balaban J connectivity index is 1.69. The molecule has 0 saturated carbocycles. The molecule has 1 aromatic heterocycles. The van der Waals surface area contributed by atoms with E-state index in [0.29, 0.717) is 38.3 Å². The molecule has 0 fully saturated rings. The van der Waals surface area contributed by atoms with Crippen molar-refractivity contribution in [1.82, 2.24) is 15.0 Å². The molecule has 212 valence electrons. The third-order valence-corrected chi connectivity index (χ3v) is 7.95. The predicted molar refractivity (Wildman–Crippen MR) is 155 cm³/mol. The molecule has 14 heteroatoms. The van der Waals surface area contributed by atoms with Crippen LogP contribution in [0.4, 0.5) is 10.8 Å². The number of amides is 3. The van der Waals surface area contributed by atoms with Gasteiger partial charge in [0, 0.05) is 18.1 Å². The summed E-state index contributed by atoms with van der Waals surface area (Å²) in [6.07, 6.45) is -1.40. The van der Waals surface area contributed by atoms with Crippen molar-refractivity contribution < 1.29 is 29.1 Å². The SMILES string of the molecule is CC(=O)Nc1nc(C)c(SNC2N=C(c3ccccc3)c3ccccc3N(CC(=O)NC(C=O)CC(=O)O)C2=O)s1. The van der Waals surface area contributed by atoms with Crippen LogP contribution in [-0.2, 0) is 24.0 Å². The predicted octanol–water partition coefficient (Wildman–Crippen LogP) is 2.38. The molecule has 12 nitrogen and oxygen atoms in total. The molecule has 0 radical (unpaired) electrons. The van der Waals surface area contributed by atoms with Crippen LogP contribution in [0, 0.1) is 6.92 Å². The fourth-order valence-electron chi connectivity index (χ4n) is 4.00. The highest BCUT2D eigenvalue weighted by molar-refractivity contribution is 7.99. The molecule has 3 aromatic rings. The number of fused-ring (bicyclic) bond motifs is 1. The average molecular weight is 595 g/mol. The van der Waals surface area contributed by atoms with Gasteiger partial charge in [-0.05, 0) is 24.9 Å². The second-order valence-electron chi connectivity index (χ2n) is 8.89. The zero-order valence-electron chi connectivity index (χ0n) is 22.0.